The Morgan fingerprint density at radius 1 is 0.321 bits per heavy atom. The van der Waals surface area contributed by atoms with Gasteiger partial charge >= 0.3 is 0 Å². The van der Waals surface area contributed by atoms with E-state index in [1.807, 2.05) is 0 Å². The third kappa shape index (κ3) is 7.53. The first-order valence-electron chi connectivity index (χ1n) is 30.7. The molecule has 0 atom stereocenters. The number of nitrogens with zero attached hydrogens (tertiary/aromatic N) is 4. The third-order valence-corrected chi connectivity index (χ3v) is 19.3. The first kappa shape index (κ1) is 52.8. The second-order valence-corrected chi connectivity index (χ2v) is 31.2. The Balaban J connectivity index is 1.11. The summed E-state index contributed by atoms with van der Waals surface area (Å²) >= 11 is 0. The molecule has 0 aliphatic carbocycles. The van der Waals surface area contributed by atoms with Crippen LogP contribution in [-0.4, -0.2) is 15.8 Å². The minimum absolute atomic E-state index is 0.0152. The zero-order chi connectivity index (χ0) is 59.0. The molecule has 0 saturated carbocycles. The van der Waals surface area contributed by atoms with Gasteiger partial charge in [-0.25, -0.2) is 0 Å². The first-order valence-corrected chi connectivity index (χ1v) is 30.7. The molecule has 15 rings (SSSR count). The van der Waals surface area contributed by atoms with E-state index in [1.165, 1.54) is 122 Å². The number of fused-ring (bicyclic) bond motifs is 15. The van der Waals surface area contributed by atoms with Gasteiger partial charge in [0.05, 0.1) is 44.8 Å². The van der Waals surface area contributed by atoms with Crippen molar-refractivity contribution >= 4 is 123 Å². The lowest BCUT2D eigenvalue weighted by Crippen LogP contribution is -2.62. The number of benzene rings is 9. The van der Waals surface area contributed by atoms with Gasteiger partial charge in [-0.2, -0.15) is 0 Å². The summed E-state index contributed by atoms with van der Waals surface area (Å²) in [6.45, 7) is 42.3. The molecule has 3 aliphatic rings. The van der Waals surface area contributed by atoms with Crippen LogP contribution < -0.4 is 26.2 Å². The van der Waals surface area contributed by atoms with Gasteiger partial charge in [-0.15, -0.1) is 0 Å². The quantitative estimate of drug-likeness (QED) is 0.162. The molecular weight excluding hydrogens is 1020 g/mol. The summed E-state index contributed by atoms with van der Waals surface area (Å²) < 4.78 is 12.3. The van der Waals surface area contributed by atoms with Gasteiger partial charge < -0.3 is 23.4 Å². The zero-order valence-electron chi connectivity index (χ0n) is 52.7. The van der Waals surface area contributed by atoms with Crippen molar-refractivity contribution in [2.75, 3.05) is 9.80 Å². The van der Waals surface area contributed by atoms with Crippen molar-refractivity contribution in [2.24, 2.45) is 0 Å². The molecule has 0 radical (unpaired) electrons. The Bertz CT molecular complexity index is 4790. The maximum Gasteiger partial charge on any atom is 0.252 e. The molecule has 0 spiro atoms. The van der Waals surface area contributed by atoms with E-state index >= 15 is 0 Å². The highest BCUT2D eigenvalue weighted by molar-refractivity contribution is 7.00. The summed E-state index contributed by atoms with van der Waals surface area (Å²) in [5.74, 6) is 0. The van der Waals surface area contributed by atoms with Crippen molar-refractivity contribution in [1.29, 1.82) is 0 Å². The number of para-hydroxylation sites is 2. The molecule has 84 heavy (non-hydrogen) atoms. The minimum atomic E-state index is -0.212. The average molecular weight is 1100 g/mol. The monoisotopic (exact) mass is 1100 g/mol. The van der Waals surface area contributed by atoms with Gasteiger partial charge in [-0.1, -0.05) is 185 Å². The maximum absolute atomic E-state index is 7.15. The molecule has 0 unspecified atom stereocenters. The highest BCUT2D eigenvalue weighted by Gasteiger charge is 2.48. The van der Waals surface area contributed by atoms with Gasteiger partial charge in [-0.3, -0.25) is 0 Å². The number of hydrogen-bond acceptors (Lipinski definition) is 3. The van der Waals surface area contributed by atoms with Gasteiger partial charge in [0.2, 0.25) is 0 Å². The Morgan fingerprint density at radius 3 is 1.38 bits per heavy atom. The topological polar surface area (TPSA) is 29.5 Å². The zero-order valence-corrected chi connectivity index (χ0v) is 52.7. The minimum Gasteiger partial charge on any atom is -0.454 e. The predicted octanol–water partition coefficient (Wildman–Crippen LogP) is 20.0. The van der Waals surface area contributed by atoms with Crippen molar-refractivity contribution in [3.05, 3.63) is 185 Å². The van der Waals surface area contributed by atoms with E-state index in [0.717, 1.165) is 39.0 Å². The second kappa shape index (κ2) is 16.9. The molecule has 420 valence electrons. The Labute approximate surface area is 497 Å². The van der Waals surface area contributed by atoms with Crippen molar-refractivity contribution in [1.82, 2.24) is 9.13 Å². The number of rotatable bonds is 2. The Hall–Kier alpha value is -7.96. The van der Waals surface area contributed by atoms with E-state index in [4.69, 9.17) is 4.42 Å². The fourth-order valence-corrected chi connectivity index (χ4v) is 14.4. The van der Waals surface area contributed by atoms with E-state index in [-0.39, 0.29) is 39.2 Å². The second-order valence-electron chi connectivity index (χ2n) is 31.2. The summed E-state index contributed by atoms with van der Waals surface area (Å²) in [5, 5.41) is 7.41. The van der Waals surface area contributed by atoms with Crippen LogP contribution in [0.4, 0.5) is 34.1 Å². The molecule has 3 aliphatic heterocycles. The number of hydrogen-bond donors (Lipinski definition) is 0. The van der Waals surface area contributed by atoms with Crippen LogP contribution in [0.1, 0.15) is 158 Å². The Morgan fingerprint density at radius 2 is 0.798 bits per heavy atom. The van der Waals surface area contributed by atoms with E-state index in [1.54, 1.807) is 0 Å². The van der Waals surface area contributed by atoms with Gasteiger partial charge in [0, 0.05) is 55.1 Å². The molecule has 12 aromatic rings. The van der Waals surface area contributed by atoms with E-state index in [9.17, 15) is 0 Å². The van der Waals surface area contributed by atoms with Crippen molar-refractivity contribution in [3.8, 4) is 11.4 Å². The lowest BCUT2D eigenvalue weighted by atomic mass is 9.33. The summed E-state index contributed by atoms with van der Waals surface area (Å²) in [6, 6.07) is 59.8. The molecule has 0 amide bonds. The molecular formula is C78H79BN4O. The summed E-state index contributed by atoms with van der Waals surface area (Å²) in [6.07, 6.45) is 0. The molecule has 6 heteroatoms. The van der Waals surface area contributed by atoms with E-state index in [2.05, 4.69) is 295 Å². The van der Waals surface area contributed by atoms with Crippen LogP contribution in [0.25, 0.3) is 76.9 Å². The smallest absolute Gasteiger partial charge is 0.252 e. The van der Waals surface area contributed by atoms with Gasteiger partial charge in [0.15, 0.2) is 5.58 Å². The first-order chi connectivity index (χ1) is 39.4. The average Bonchev–Trinajstić information content (AvgIpc) is 1.12. The van der Waals surface area contributed by atoms with Crippen LogP contribution >= 0.6 is 0 Å². The van der Waals surface area contributed by atoms with E-state index in [0.29, 0.717) is 0 Å². The van der Waals surface area contributed by atoms with Gasteiger partial charge in [0.25, 0.3) is 6.71 Å². The number of anilines is 6. The molecule has 5 nitrogen and oxygen atoms in total. The number of aromatic nitrogens is 2. The fourth-order valence-electron chi connectivity index (χ4n) is 14.4. The van der Waals surface area contributed by atoms with Gasteiger partial charge in [-0.05, 0) is 173 Å². The molecule has 6 heterocycles. The maximum atomic E-state index is 7.15. The number of furan rings is 1. The van der Waals surface area contributed by atoms with Crippen LogP contribution in [-0.2, 0) is 32.5 Å². The van der Waals surface area contributed by atoms with Crippen LogP contribution in [0.5, 0.6) is 0 Å². The largest absolute Gasteiger partial charge is 0.454 e. The van der Waals surface area contributed by atoms with E-state index < -0.39 is 0 Å². The highest BCUT2D eigenvalue weighted by Crippen LogP contribution is 2.56. The van der Waals surface area contributed by atoms with Crippen LogP contribution in [0.15, 0.2) is 156 Å². The van der Waals surface area contributed by atoms with Crippen LogP contribution in [0, 0.1) is 0 Å². The fraction of sp³-hybridized carbons (Fsp3) is 0.308. The molecule has 3 aromatic heterocycles. The SMILES string of the molecule is CC(C)(C)c1cc2c3c(c1)N1c4c(cc(C(C)(C)C)cc4-n4c5ccc(C(C)(C)C)cc5c5cc(C(C)(C)C)cc1c54)B3c1ccc(-n3c4ccc(C(C)(C)C)cc4c4cc(C(C)(C)C)ccc43)cc1N2c1cccc2c1oc1ccccc12. The molecule has 0 fully saturated rings. The van der Waals surface area contributed by atoms with Crippen LogP contribution in [0.3, 0.4) is 0 Å². The summed E-state index contributed by atoms with van der Waals surface area (Å²) in [4.78, 5) is 5.32. The normalized spacial score (nSPS) is 14.5. The lowest BCUT2D eigenvalue weighted by Gasteiger charge is -2.47. The van der Waals surface area contributed by atoms with Crippen molar-refractivity contribution in [3.63, 3.8) is 0 Å². The summed E-state index contributed by atoms with van der Waals surface area (Å²) in [7, 11) is 0. The highest BCUT2D eigenvalue weighted by atomic mass is 16.3. The van der Waals surface area contributed by atoms with Crippen molar-refractivity contribution in [2.45, 2.75) is 157 Å². The lowest BCUT2D eigenvalue weighted by molar-refractivity contribution is 0.589. The molecule has 0 saturated heterocycles. The molecule has 0 N–H and O–H groups in total. The van der Waals surface area contributed by atoms with Crippen molar-refractivity contribution < 1.29 is 4.42 Å². The predicted molar refractivity (Wildman–Crippen MR) is 362 cm³/mol. The molecule has 9 aromatic carbocycles. The summed E-state index contributed by atoms with van der Waals surface area (Å²) in [5.41, 5.74) is 27.5. The Kier molecular flexibility index (Phi) is 10.6. The third-order valence-electron chi connectivity index (χ3n) is 19.3. The molecule has 0 bridgehead atoms. The van der Waals surface area contributed by atoms with Gasteiger partial charge in [0.1, 0.15) is 5.58 Å². The standard InChI is InChI=1S/C78H79BN4O/c1-73(2,3)44-26-31-59-53(34-44)54-35-45(74(4,5)6)27-32-60(54)80(59)50-29-30-57-63(43-50)81(62-24-21-23-52-51-22-19-20-25-68(51)84-72(52)62)64-39-49(78(16,17)18)40-65-69(64)79(57)58-38-48(77(13,14)15)42-67-71(58)83(65)66-41-47(76(10,11)12)37-56-55-36-46(75(7,8)9)28-33-61(55)82(67)70(56)66/h19-43H,1-18H3. The van der Waals surface area contributed by atoms with Crippen LogP contribution in [0.2, 0.25) is 0 Å².